The van der Waals surface area contributed by atoms with E-state index >= 15 is 0 Å². The molecule has 1 rings (SSSR count). The van der Waals surface area contributed by atoms with Gasteiger partial charge < -0.3 is 5.73 Å². The molecule has 0 saturated heterocycles. The summed E-state index contributed by atoms with van der Waals surface area (Å²) in [5, 5.41) is 1.35. The smallest absolute Gasteiger partial charge is 0.318 e. The van der Waals surface area contributed by atoms with Gasteiger partial charge in [0.25, 0.3) is 0 Å². The number of benzene rings is 1. The van der Waals surface area contributed by atoms with Crippen molar-refractivity contribution in [1.29, 1.82) is 0 Å². The lowest BCUT2D eigenvalue weighted by molar-refractivity contribution is -0.120. The molecular weight excluding hydrogens is 274 g/mol. The van der Waals surface area contributed by atoms with Crippen LogP contribution >= 0.6 is 11.8 Å². The van der Waals surface area contributed by atoms with Gasteiger partial charge in [-0.1, -0.05) is 13.8 Å². The molecule has 0 unspecified atom stereocenters. The Bertz CT molecular complexity index is 495. The van der Waals surface area contributed by atoms with Crippen molar-refractivity contribution in [2.24, 2.45) is 11.7 Å². The van der Waals surface area contributed by atoms with Crippen molar-refractivity contribution in [1.82, 2.24) is 5.32 Å². The molecule has 4 nitrogen and oxygen atoms in total. The Labute approximate surface area is 113 Å². The van der Waals surface area contributed by atoms with Gasteiger partial charge in [0.1, 0.15) is 0 Å². The molecule has 0 spiro atoms. The number of amides is 3. The highest BCUT2D eigenvalue weighted by atomic mass is 32.2. The molecule has 0 aliphatic carbocycles. The monoisotopic (exact) mass is 288 g/mol. The summed E-state index contributed by atoms with van der Waals surface area (Å²) in [6, 6.07) is 2.42. The summed E-state index contributed by atoms with van der Waals surface area (Å²) >= 11 is 1.04. The van der Waals surface area contributed by atoms with Gasteiger partial charge in [-0.15, -0.1) is 11.8 Å². The first-order chi connectivity index (χ1) is 8.81. The third-order valence-corrected chi connectivity index (χ3v) is 3.80. The number of primary amides is 1. The molecule has 0 heterocycles. The fraction of sp³-hybridized carbons (Fsp3) is 0.333. The van der Waals surface area contributed by atoms with Gasteiger partial charge in [-0.2, -0.15) is 0 Å². The number of imide groups is 1. The zero-order chi connectivity index (χ0) is 14.6. The number of nitrogens with one attached hydrogen (secondary N) is 1. The molecule has 0 radical (unpaired) electrons. The average molecular weight is 288 g/mol. The summed E-state index contributed by atoms with van der Waals surface area (Å²) in [6.45, 7) is 3.55. The fourth-order valence-corrected chi connectivity index (χ4v) is 2.43. The molecule has 0 aliphatic heterocycles. The number of carbonyl (C=O) groups excluding carboxylic acids is 2. The van der Waals surface area contributed by atoms with Crippen LogP contribution in [0, 0.1) is 17.6 Å². The van der Waals surface area contributed by atoms with E-state index in [0.29, 0.717) is 4.90 Å². The predicted molar refractivity (Wildman–Crippen MR) is 68.6 cm³/mol. The maximum absolute atomic E-state index is 13.1. The first kappa shape index (κ1) is 15.4. The van der Waals surface area contributed by atoms with E-state index in [1.165, 1.54) is 6.07 Å². The first-order valence-electron chi connectivity index (χ1n) is 5.53. The molecule has 0 aliphatic rings. The van der Waals surface area contributed by atoms with Gasteiger partial charge in [-0.25, -0.2) is 13.6 Å². The molecule has 0 aromatic heterocycles. The number of halogens is 2. The molecule has 3 amide bonds. The van der Waals surface area contributed by atoms with Gasteiger partial charge in [0, 0.05) is 4.90 Å². The molecular formula is C12H14F2N2O2S. The van der Waals surface area contributed by atoms with E-state index in [-0.39, 0.29) is 5.92 Å². The van der Waals surface area contributed by atoms with E-state index in [9.17, 15) is 18.4 Å². The quantitative estimate of drug-likeness (QED) is 0.835. The second-order valence-electron chi connectivity index (χ2n) is 4.21. The summed E-state index contributed by atoms with van der Waals surface area (Å²) in [6.07, 6.45) is 0. The molecule has 7 heteroatoms. The highest BCUT2D eigenvalue weighted by molar-refractivity contribution is 8.00. The van der Waals surface area contributed by atoms with E-state index in [0.717, 1.165) is 23.9 Å². The zero-order valence-corrected chi connectivity index (χ0v) is 11.3. The average Bonchev–Trinajstić information content (AvgIpc) is 2.29. The first-order valence-corrected chi connectivity index (χ1v) is 6.41. The van der Waals surface area contributed by atoms with Crippen molar-refractivity contribution in [2.75, 3.05) is 0 Å². The van der Waals surface area contributed by atoms with Crippen LogP contribution in [-0.2, 0) is 4.79 Å². The minimum atomic E-state index is -0.984. The number of urea groups is 1. The van der Waals surface area contributed by atoms with Crippen LogP contribution in [0.1, 0.15) is 13.8 Å². The SMILES string of the molecule is CC(C)[C@H](Sc1ccc(F)c(F)c1)C(=O)NC(N)=O. The minimum Gasteiger partial charge on any atom is -0.351 e. The van der Waals surface area contributed by atoms with Crippen LogP contribution in [0.15, 0.2) is 23.1 Å². The van der Waals surface area contributed by atoms with Crippen LogP contribution in [0.3, 0.4) is 0 Å². The molecule has 0 fully saturated rings. The Kier molecular flexibility index (Phi) is 5.29. The Hall–Kier alpha value is -1.63. The number of nitrogens with two attached hydrogens (primary N) is 1. The van der Waals surface area contributed by atoms with Gasteiger partial charge >= 0.3 is 6.03 Å². The van der Waals surface area contributed by atoms with E-state index in [1.807, 2.05) is 5.32 Å². The standard InChI is InChI=1S/C12H14F2N2O2S/c1-6(2)10(11(17)16-12(15)18)19-7-3-4-8(13)9(14)5-7/h3-6,10H,1-2H3,(H3,15,16,17,18)/t10-/m0/s1. The third-order valence-electron chi connectivity index (χ3n) is 2.26. The minimum absolute atomic E-state index is 0.113. The second kappa shape index (κ2) is 6.51. The third kappa shape index (κ3) is 4.51. The van der Waals surface area contributed by atoms with Crippen LogP contribution in [0.2, 0.25) is 0 Å². The van der Waals surface area contributed by atoms with Crippen molar-refractivity contribution >= 4 is 23.7 Å². The summed E-state index contributed by atoms with van der Waals surface area (Å²) in [4.78, 5) is 22.8. The van der Waals surface area contributed by atoms with Crippen molar-refractivity contribution < 1.29 is 18.4 Å². The highest BCUT2D eigenvalue weighted by Gasteiger charge is 2.24. The Morgan fingerprint density at radius 2 is 1.89 bits per heavy atom. The Balaban J connectivity index is 2.86. The molecule has 19 heavy (non-hydrogen) atoms. The van der Waals surface area contributed by atoms with Crippen LogP contribution in [0.4, 0.5) is 13.6 Å². The topological polar surface area (TPSA) is 72.2 Å². The molecule has 1 aromatic rings. The van der Waals surface area contributed by atoms with Crippen LogP contribution in [0.5, 0.6) is 0 Å². The number of hydrogen-bond donors (Lipinski definition) is 2. The maximum atomic E-state index is 13.1. The van der Waals surface area contributed by atoms with Gasteiger partial charge in [0.05, 0.1) is 5.25 Å². The number of thioether (sulfide) groups is 1. The van der Waals surface area contributed by atoms with E-state index in [1.54, 1.807) is 13.8 Å². The van der Waals surface area contributed by atoms with E-state index in [2.05, 4.69) is 0 Å². The Morgan fingerprint density at radius 3 is 2.37 bits per heavy atom. The van der Waals surface area contributed by atoms with Gasteiger partial charge in [-0.05, 0) is 24.1 Å². The highest BCUT2D eigenvalue weighted by Crippen LogP contribution is 2.29. The van der Waals surface area contributed by atoms with Gasteiger partial charge in [-0.3, -0.25) is 10.1 Å². The second-order valence-corrected chi connectivity index (χ2v) is 5.43. The van der Waals surface area contributed by atoms with Gasteiger partial charge in [0.15, 0.2) is 11.6 Å². The summed E-state index contributed by atoms with van der Waals surface area (Å²) in [5.74, 6) is -2.61. The van der Waals surface area contributed by atoms with Crippen molar-refractivity contribution in [3.63, 3.8) is 0 Å². The van der Waals surface area contributed by atoms with E-state index in [4.69, 9.17) is 5.73 Å². The van der Waals surface area contributed by atoms with E-state index < -0.39 is 28.8 Å². The summed E-state index contributed by atoms with van der Waals surface area (Å²) < 4.78 is 25.9. The molecule has 3 N–H and O–H groups in total. The molecule has 1 aromatic carbocycles. The van der Waals surface area contributed by atoms with Crippen molar-refractivity contribution in [2.45, 2.75) is 24.0 Å². The summed E-state index contributed by atoms with van der Waals surface area (Å²) in [5.41, 5.74) is 4.88. The zero-order valence-electron chi connectivity index (χ0n) is 10.4. The predicted octanol–water partition coefficient (Wildman–Crippen LogP) is 2.28. The lowest BCUT2D eigenvalue weighted by Crippen LogP contribution is -2.42. The summed E-state index contributed by atoms with van der Waals surface area (Å²) in [7, 11) is 0. The lowest BCUT2D eigenvalue weighted by atomic mass is 10.1. The van der Waals surface area contributed by atoms with Crippen LogP contribution in [-0.4, -0.2) is 17.2 Å². The van der Waals surface area contributed by atoms with Gasteiger partial charge in [0.2, 0.25) is 5.91 Å². The number of rotatable bonds is 4. The number of carbonyl (C=O) groups is 2. The molecule has 1 atom stereocenters. The normalized spacial score (nSPS) is 12.3. The Morgan fingerprint density at radius 1 is 1.26 bits per heavy atom. The molecule has 104 valence electrons. The fourth-order valence-electron chi connectivity index (χ4n) is 1.38. The largest absolute Gasteiger partial charge is 0.351 e. The molecule has 0 saturated carbocycles. The lowest BCUT2D eigenvalue weighted by Gasteiger charge is -2.18. The maximum Gasteiger partial charge on any atom is 0.318 e. The molecule has 0 bridgehead atoms. The number of hydrogen-bond acceptors (Lipinski definition) is 3. The van der Waals surface area contributed by atoms with Crippen molar-refractivity contribution in [3.8, 4) is 0 Å². The van der Waals surface area contributed by atoms with Crippen LogP contribution in [0.25, 0.3) is 0 Å². The van der Waals surface area contributed by atoms with Crippen LogP contribution < -0.4 is 11.1 Å². The van der Waals surface area contributed by atoms with Crippen molar-refractivity contribution in [3.05, 3.63) is 29.8 Å².